The second kappa shape index (κ2) is 4.96. The van der Waals surface area contributed by atoms with E-state index in [1.807, 2.05) is 0 Å². The van der Waals surface area contributed by atoms with Gasteiger partial charge in [-0.25, -0.2) is 9.18 Å². The topological polar surface area (TPSA) is 41.1 Å². The summed E-state index contributed by atoms with van der Waals surface area (Å²) >= 11 is 0. The first-order valence-corrected chi connectivity index (χ1v) is 5.57. The van der Waals surface area contributed by atoms with Crippen LogP contribution in [-0.4, -0.2) is 12.1 Å². The quantitative estimate of drug-likeness (QED) is 0.793. The number of hydrogen-bond acceptors (Lipinski definition) is 1. The zero-order valence-electron chi connectivity index (χ0n) is 9.00. The highest BCUT2D eigenvalue weighted by molar-refractivity contribution is 5.89. The maximum Gasteiger partial charge on any atom is 0.319 e. The van der Waals surface area contributed by atoms with Crippen LogP contribution in [-0.2, 0) is 0 Å². The molecule has 86 valence electrons. The van der Waals surface area contributed by atoms with E-state index in [0.717, 1.165) is 12.8 Å². The van der Waals surface area contributed by atoms with Crippen molar-refractivity contribution in [3.05, 3.63) is 30.1 Å². The fourth-order valence-electron chi connectivity index (χ4n) is 1.99. The van der Waals surface area contributed by atoms with Crippen LogP contribution in [0.3, 0.4) is 0 Å². The van der Waals surface area contributed by atoms with Gasteiger partial charge in [0.05, 0.1) is 0 Å². The summed E-state index contributed by atoms with van der Waals surface area (Å²) in [5, 5.41) is 5.49. The smallest absolute Gasteiger partial charge is 0.319 e. The number of anilines is 1. The van der Waals surface area contributed by atoms with Gasteiger partial charge in [0.1, 0.15) is 5.82 Å². The van der Waals surface area contributed by atoms with Gasteiger partial charge in [-0.1, -0.05) is 18.9 Å². The van der Waals surface area contributed by atoms with E-state index in [0.29, 0.717) is 5.69 Å². The van der Waals surface area contributed by atoms with Crippen molar-refractivity contribution in [2.24, 2.45) is 0 Å². The van der Waals surface area contributed by atoms with E-state index in [1.54, 1.807) is 12.1 Å². The zero-order valence-corrected chi connectivity index (χ0v) is 9.00. The van der Waals surface area contributed by atoms with E-state index in [4.69, 9.17) is 0 Å². The molecule has 1 aromatic carbocycles. The first kappa shape index (κ1) is 10.9. The van der Waals surface area contributed by atoms with Crippen LogP contribution in [0, 0.1) is 5.82 Å². The maximum absolute atomic E-state index is 12.9. The second-order valence-corrected chi connectivity index (χ2v) is 4.09. The molecule has 0 atom stereocenters. The number of benzene rings is 1. The number of urea groups is 1. The average Bonchev–Trinajstić information content (AvgIpc) is 2.70. The normalized spacial score (nSPS) is 16.1. The Morgan fingerprint density at radius 2 is 2.06 bits per heavy atom. The molecule has 0 radical (unpaired) electrons. The number of rotatable bonds is 2. The minimum Gasteiger partial charge on any atom is -0.335 e. The van der Waals surface area contributed by atoms with Gasteiger partial charge in [-0.2, -0.15) is 0 Å². The molecule has 0 saturated heterocycles. The van der Waals surface area contributed by atoms with Crippen molar-refractivity contribution in [2.45, 2.75) is 31.7 Å². The fraction of sp³-hybridized carbons (Fsp3) is 0.417. The summed E-state index contributed by atoms with van der Waals surface area (Å²) in [4.78, 5) is 11.5. The summed E-state index contributed by atoms with van der Waals surface area (Å²) in [5.74, 6) is -0.348. The molecule has 0 bridgehead atoms. The van der Waals surface area contributed by atoms with Crippen molar-refractivity contribution in [1.29, 1.82) is 0 Å². The molecule has 0 unspecified atom stereocenters. The molecule has 1 saturated carbocycles. The summed E-state index contributed by atoms with van der Waals surface area (Å²) < 4.78 is 12.9. The predicted molar refractivity (Wildman–Crippen MR) is 60.8 cm³/mol. The number of carbonyl (C=O) groups is 1. The highest BCUT2D eigenvalue weighted by Gasteiger charge is 2.16. The number of halogens is 1. The Kier molecular flexibility index (Phi) is 3.39. The summed E-state index contributed by atoms with van der Waals surface area (Å²) in [6, 6.07) is 5.90. The minimum atomic E-state index is -0.348. The third kappa shape index (κ3) is 2.95. The van der Waals surface area contributed by atoms with Crippen molar-refractivity contribution in [3.63, 3.8) is 0 Å². The van der Waals surface area contributed by atoms with Gasteiger partial charge in [0, 0.05) is 11.7 Å². The second-order valence-electron chi connectivity index (χ2n) is 4.09. The molecule has 0 aromatic heterocycles. The van der Waals surface area contributed by atoms with Crippen LogP contribution in [0.2, 0.25) is 0 Å². The van der Waals surface area contributed by atoms with Crippen LogP contribution in [0.25, 0.3) is 0 Å². The summed E-state index contributed by atoms with van der Waals surface area (Å²) in [6.45, 7) is 0. The molecule has 2 N–H and O–H groups in total. The minimum absolute atomic E-state index is 0.252. The van der Waals surface area contributed by atoms with E-state index >= 15 is 0 Å². The van der Waals surface area contributed by atoms with E-state index in [2.05, 4.69) is 10.6 Å². The van der Waals surface area contributed by atoms with E-state index in [-0.39, 0.29) is 17.9 Å². The third-order valence-corrected chi connectivity index (χ3v) is 2.77. The molecule has 4 heteroatoms. The van der Waals surface area contributed by atoms with Crippen molar-refractivity contribution >= 4 is 11.7 Å². The van der Waals surface area contributed by atoms with Crippen LogP contribution in [0.15, 0.2) is 24.3 Å². The monoisotopic (exact) mass is 222 g/mol. The van der Waals surface area contributed by atoms with Crippen LogP contribution < -0.4 is 10.6 Å². The Bertz CT molecular complexity index is 375. The number of hydrogen-bond donors (Lipinski definition) is 2. The molecule has 2 amide bonds. The van der Waals surface area contributed by atoms with Gasteiger partial charge in [0.25, 0.3) is 0 Å². The van der Waals surface area contributed by atoms with Crippen LogP contribution in [0.1, 0.15) is 25.7 Å². The Hall–Kier alpha value is -1.58. The molecule has 16 heavy (non-hydrogen) atoms. The Morgan fingerprint density at radius 3 is 2.75 bits per heavy atom. The maximum atomic E-state index is 12.9. The Morgan fingerprint density at radius 1 is 1.31 bits per heavy atom. The molecule has 0 spiro atoms. The van der Waals surface area contributed by atoms with Gasteiger partial charge in [-0.3, -0.25) is 0 Å². The lowest BCUT2D eigenvalue weighted by Gasteiger charge is -2.12. The molecule has 1 fully saturated rings. The first-order chi connectivity index (χ1) is 7.74. The van der Waals surface area contributed by atoms with Crippen LogP contribution in [0.4, 0.5) is 14.9 Å². The van der Waals surface area contributed by atoms with Gasteiger partial charge in [0.2, 0.25) is 0 Å². The number of nitrogens with one attached hydrogen (secondary N) is 2. The van der Waals surface area contributed by atoms with Gasteiger partial charge in [-0.05, 0) is 31.0 Å². The van der Waals surface area contributed by atoms with Gasteiger partial charge in [-0.15, -0.1) is 0 Å². The average molecular weight is 222 g/mol. The largest absolute Gasteiger partial charge is 0.335 e. The number of amides is 2. The first-order valence-electron chi connectivity index (χ1n) is 5.57. The molecule has 1 aliphatic carbocycles. The SMILES string of the molecule is O=C(Nc1cccc(F)c1)NC1CCCC1. The van der Waals surface area contributed by atoms with Gasteiger partial charge in [0.15, 0.2) is 0 Å². The van der Waals surface area contributed by atoms with Gasteiger partial charge >= 0.3 is 6.03 Å². The highest BCUT2D eigenvalue weighted by Crippen LogP contribution is 2.17. The highest BCUT2D eigenvalue weighted by atomic mass is 19.1. The molecule has 1 aliphatic rings. The molecule has 1 aromatic rings. The van der Waals surface area contributed by atoms with E-state index < -0.39 is 0 Å². The third-order valence-electron chi connectivity index (χ3n) is 2.77. The lowest BCUT2D eigenvalue weighted by atomic mass is 10.2. The molecule has 3 nitrogen and oxygen atoms in total. The lowest BCUT2D eigenvalue weighted by molar-refractivity contribution is 0.248. The molecule has 2 rings (SSSR count). The van der Waals surface area contributed by atoms with Crippen molar-refractivity contribution in [3.8, 4) is 0 Å². The van der Waals surface area contributed by atoms with Crippen molar-refractivity contribution in [2.75, 3.05) is 5.32 Å². The van der Waals surface area contributed by atoms with Crippen LogP contribution in [0.5, 0.6) is 0 Å². The fourth-order valence-corrected chi connectivity index (χ4v) is 1.99. The summed E-state index contributed by atoms with van der Waals surface area (Å²) in [6.07, 6.45) is 4.42. The number of carbonyl (C=O) groups excluding carboxylic acids is 1. The molecule has 0 aliphatic heterocycles. The van der Waals surface area contributed by atoms with Crippen LogP contribution >= 0.6 is 0 Å². The standard InChI is InChI=1S/C12H15FN2O/c13-9-4-3-7-11(8-9)15-12(16)14-10-5-1-2-6-10/h3-4,7-8,10H,1-2,5-6H2,(H2,14,15,16). The zero-order chi connectivity index (χ0) is 11.4. The lowest BCUT2D eigenvalue weighted by Crippen LogP contribution is -2.36. The summed E-state index contributed by atoms with van der Waals surface area (Å²) in [7, 11) is 0. The molecular weight excluding hydrogens is 207 g/mol. The molecule has 0 heterocycles. The van der Waals surface area contributed by atoms with E-state index in [9.17, 15) is 9.18 Å². The predicted octanol–water partition coefficient (Wildman–Crippen LogP) is 2.89. The molecular formula is C12H15FN2O. The van der Waals surface area contributed by atoms with Crippen molar-refractivity contribution < 1.29 is 9.18 Å². The van der Waals surface area contributed by atoms with Gasteiger partial charge < -0.3 is 10.6 Å². The Labute approximate surface area is 94.0 Å². The van der Waals surface area contributed by atoms with E-state index in [1.165, 1.54) is 25.0 Å². The van der Waals surface area contributed by atoms with Crippen molar-refractivity contribution in [1.82, 2.24) is 5.32 Å². The Balaban J connectivity index is 1.86. The summed E-state index contributed by atoms with van der Waals surface area (Å²) in [5.41, 5.74) is 0.482.